The number of carbonyl (C=O) groups is 2. The Morgan fingerprint density at radius 1 is 1.00 bits per heavy atom. The van der Waals surface area contributed by atoms with E-state index in [0.717, 1.165) is 18.4 Å². The first-order valence-electron chi connectivity index (χ1n) is 9.28. The third-order valence-corrected chi connectivity index (χ3v) is 5.22. The minimum atomic E-state index is -0.0674. The number of nitrogens with zero attached hydrogens (tertiary/aromatic N) is 2. The van der Waals surface area contributed by atoms with Crippen molar-refractivity contribution in [1.82, 2.24) is 9.80 Å². The molecular weight excluding hydrogens is 332 g/mol. The van der Waals surface area contributed by atoms with E-state index in [1.54, 1.807) is 31.3 Å². The van der Waals surface area contributed by atoms with Gasteiger partial charge in [-0.3, -0.25) is 9.59 Å². The third kappa shape index (κ3) is 3.94. The lowest BCUT2D eigenvalue weighted by Crippen LogP contribution is -2.52. The van der Waals surface area contributed by atoms with Gasteiger partial charge in [0.05, 0.1) is 19.8 Å². The van der Waals surface area contributed by atoms with Crippen LogP contribution in [-0.2, 0) is 4.79 Å². The van der Waals surface area contributed by atoms with Crippen molar-refractivity contribution in [3.63, 3.8) is 0 Å². The van der Waals surface area contributed by atoms with Gasteiger partial charge in [0.25, 0.3) is 5.91 Å². The molecule has 0 N–H and O–H groups in total. The summed E-state index contributed by atoms with van der Waals surface area (Å²) in [6.07, 6.45) is 1.72. The van der Waals surface area contributed by atoms with E-state index in [1.807, 2.05) is 25.7 Å². The topological polar surface area (TPSA) is 59.1 Å². The zero-order chi connectivity index (χ0) is 19.3. The third-order valence-electron chi connectivity index (χ3n) is 5.22. The summed E-state index contributed by atoms with van der Waals surface area (Å²) in [5.41, 5.74) is 1.34. The van der Waals surface area contributed by atoms with Crippen molar-refractivity contribution in [1.29, 1.82) is 0 Å². The van der Waals surface area contributed by atoms with Crippen molar-refractivity contribution in [2.24, 2.45) is 5.92 Å². The SMILES string of the molecule is CCC(CC)C(=O)N1CCN(C(=O)c2ccc(OC)c(C)c2OC)CC1. The minimum absolute atomic E-state index is 0.0674. The van der Waals surface area contributed by atoms with Crippen molar-refractivity contribution in [3.8, 4) is 11.5 Å². The Kier molecular flexibility index (Phi) is 6.89. The van der Waals surface area contributed by atoms with Crippen molar-refractivity contribution in [2.45, 2.75) is 33.6 Å². The second kappa shape index (κ2) is 8.92. The van der Waals surface area contributed by atoms with Crippen LogP contribution in [0.4, 0.5) is 0 Å². The van der Waals surface area contributed by atoms with E-state index in [0.29, 0.717) is 43.2 Å². The Balaban J connectivity index is 2.09. The van der Waals surface area contributed by atoms with E-state index in [-0.39, 0.29) is 17.7 Å². The predicted molar refractivity (Wildman–Crippen MR) is 101 cm³/mol. The number of carbonyl (C=O) groups excluding carboxylic acids is 2. The Morgan fingerprint density at radius 2 is 1.58 bits per heavy atom. The molecule has 0 saturated carbocycles. The van der Waals surface area contributed by atoms with Gasteiger partial charge < -0.3 is 19.3 Å². The normalized spacial score (nSPS) is 14.5. The van der Waals surface area contributed by atoms with Crippen LogP contribution in [-0.4, -0.2) is 62.0 Å². The average Bonchev–Trinajstić information content (AvgIpc) is 2.68. The van der Waals surface area contributed by atoms with Crippen LogP contribution in [0.3, 0.4) is 0 Å². The molecule has 1 fully saturated rings. The van der Waals surface area contributed by atoms with Gasteiger partial charge in [0, 0.05) is 37.7 Å². The first kappa shape index (κ1) is 20.1. The molecule has 6 nitrogen and oxygen atoms in total. The van der Waals surface area contributed by atoms with E-state index in [1.165, 1.54) is 0 Å². The fraction of sp³-hybridized carbons (Fsp3) is 0.600. The van der Waals surface area contributed by atoms with Crippen molar-refractivity contribution in [3.05, 3.63) is 23.3 Å². The number of hydrogen-bond donors (Lipinski definition) is 0. The average molecular weight is 362 g/mol. The minimum Gasteiger partial charge on any atom is -0.496 e. The molecule has 1 aromatic carbocycles. The number of methoxy groups -OCH3 is 2. The van der Waals surface area contributed by atoms with Crippen molar-refractivity contribution < 1.29 is 19.1 Å². The fourth-order valence-electron chi connectivity index (χ4n) is 3.52. The van der Waals surface area contributed by atoms with Gasteiger partial charge in [-0.15, -0.1) is 0 Å². The summed E-state index contributed by atoms with van der Waals surface area (Å²) in [5, 5.41) is 0. The van der Waals surface area contributed by atoms with Crippen LogP contribution in [0.25, 0.3) is 0 Å². The highest BCUT2D eigenvalue weighted by atomic mass is 16.5. The quantitative estimate of drug-likeness (QED) is 0.781. The number of ether oxygens (including phenoxy) is 2. The molecule has 26 heavy (non-hydrogen) atoms. The largest absolute Gasteiger partial charge is 0.496 e. The van der Waals surface area contributed by atoms with E-state index in [2.05, 4.69) is 0 Å². The maximum Gasteiger partial charge on any atom is 0.257 e. The molecule has 1 aromatic rings. The standard InChI is InChI=1S/C20H30N2O4/c1-6-15(7-2)19(23)21-10-12-22(13-11-21)20(24)16-8-9-17(25-4)14(3)18(16)26-5/h8-9,15H,6-7,10-13H2,1-5H3. The molecular formula is C20H30N2O4. The lowest BCUT2D eigenvalue weighted by molar-refractivity contribution is -0.137. The van der Waals surface area contributed by atoms with Gasteiger partial charge in [0.15, 0.2) is 0 Å². The molecule has 0 aromatic heterocycles. The number of amides is 2. The number of hydrogen-bond acceptors (Lipinski definition) is 4. The zero-order valence-corrected chi connectivity index (χ0v) is 16.5. The molecule has 2 rings (SSSR count). The molecule has 0 aliphatic carbocycles. The molecule has 0 bridgehead atoms. The Labute approximate surface area is 156 Å². The highest BCUT2D eigenvalue weighted by molar-refractivity contribution is 5.98. The molecule has 0 atom stereocenters. The summed E-state index contributed by atoms with van der Waals surface area (Å²) in [4.78, 5) is 29.1. The van der Waals surface area contributed by atoms with Gasteiger partial charge in [-0.05, 0) is 31.9 Å². The highest BCUT2D eigenvalue weighted by Gasteiger charge is 2.29. The molecule has 2 amide bonds. The van der Waals surface area contributed by atoms with E-state index in [9.17, 15) is 9.59 Å². The summed E-state index contributed by atoms with van der Waals surface area (Å²) in [5.74, 6) is 1.47. The molecule has 144 valence electrons. The second-order valence-electron chi connectivity index (χ2n) is 6.60. The lowest BCUT2D eigenvalue weighted by atomic mass is 10.0. The summed E-state index contributed by atoms with van der Waals surface area (Å²) in [6.45, 7) is 8.21. The van der Waals surface area contributed by atoms with Crippen molar-refractivity contribution in [2.75, 3.05) is 40.4 Å². The van der Waals surface area contributed by atoms with Gasteiger partial charge in [-0.2, -0.15) is 0 Å². The fourth-order valence-corrected chi connectivity index (χ4v) is 3.52. The smallest absolute Gasteiger partial charge is 0.257 e. The van der Waals surface area contributed by atoms with Gasteiger partial charge >= 0.3 is 0 Å². The number of benzene rings is 1. The molecule has 0 radical (unpaired) electrons. The number of rotatable bonds is 6. The summed E-state index contributed by atoms with van der Waals surface area (Å²) < 4.78 is 10.8. The molecule has 1 heterocycles. The highest BCUT2D eigenvalue weighted by Crippen LogP contribution is 2.32. The van der Waals surface area contributed by atoms with E-state index < -0.39 is 0 Å². The van der Waals surface area contributed by atoms with E-state index in [4.69, 9.17) is 9.47 Å². The molecule has 6 heteroatoms. The van der Waals surface area contributed by atoms with Gasteiger partial charge in [-0.1, -0.05) is 13.8 Å². The molecule has 1 aliphatic heterocycles. The van der Waals surface area contributed by atoms with Crippen LogP contribution in [0.15, 0.2) is 12.1 Å². The zero-order valence-electron chi connectivity index (χ0n) is 16.5. The first-order chi connectivity index (χ1) is 12.5. The van der Waals surface area contributed by atoms with Crippen LogP contribution in [0.5, 0.6) is 11.5 Å². The summed E-state index contributed by atoms with van der Waals surface area (Å²) in [7, 11) is 3.16. The number of piperazine rings is 1. The second-order valence-corrected chi connectivity index (χ2v) is 6.60. The Morgan fingerprint density at radius 3 is 2.08 bits per heavy atom. The maximum absolute atomic E-state index is 13.0. The predicted octanol–water partition coefficient (Wildman–Crippen LogP) is 2.73. The van der Waals surface area contributed by atoms with Crippen LogP contribution in [0.2, 0.25) is 0 Å². The maximum atomic E-state index is 13.0. The molecule has 0 unspecified atom stereocenters. The van der Waals surface area contributed by atoms with Gasteiger partial charge in [0.2, 0.25) is 5.91 Å². The summed E-state index contributed by atoms with van der Waals surface area (Å²) in [6, 6.07) is 3.53. The monoisotopic (exact) mass is 362 g/mol. The van der Waals surface area contributed by atoms with Crippen LogP contribution in [0, 0.1) is 12.8 Å². The lowest BCUT2D eigenvalue weighted by Gasteiger charge is -2.36. The van der Waals surface area contributed by atoms with Crippen molar-refractivity contribution >= 4 is 11.8 Å². The van der Waals surface area contributed by atoms with Crippen LogP contribution < -0.4 is 9.47 Å². The van der Waals surface area contributed by atoms with E-state index >= 15 is 0 Å². The molecule has 0 spiro atoms. The molecule has 1 aliphatic rings. The Hall–Kier alpha value is -2.24. The summed E-state index contributed by atoms with van der Waals surface area (Å²) >= 11 is 0. The first-order valence-corrected chi connectivity index (χ1v) is 9.28. The van der Waals surface area contributed by atoms with Gasteiger partial charge in [-0.25, -0.2) is 0 Å². The van der Waals surface area contributed by atoms with Crippen LogP contribution in [0.1, 0.15) is 42.6 Å². The van der Waals surface area contributed by atoms with Crippen LogP contribution >= 0.6 is 0 Å². The van der Waals surface area contributed by atoms with Gasteiger partial charge in [0.1, 0.15) is 11.5 Å². The Bertz CT molecular complexity index is 647. The molecule has 1 saturated heterocycles.